The summed E-state index contributed by atoms with van der Waals surface area (Å²) in [5, 5.41) is 2.90. The van der Waals surface area contributed by atoms with Crippen LogP contribution in [0.25, 0.3) is 0 Å². The number of amides is 3. The van der Waals surface area contributed by atoms with Gasteiger partial charge in [-0.15, -0.1) is 0 Å². The molecule has 154 valence electrons. The fraction of sp³-hybridized carbons (Fsp3) is 0.304. The molecule has 3 amide bonds. The number of nitrogens with zero attached hydrogens (tertiary/aromatic N) is 1. The number of aryl methyl sites for hydroxylation is 1. The van der Waals surface area contributed by atoms with Crippen molar-refractivity contribution < 1.29 is 23.9 Å². The smallest absolute Gasteiger partial charge is 0.326 e. The van der Waals surface area contributed by atoms with Gasteiger partial charge in [-0.05, 0) is 42.0 Å². The SMILES string of the molecule is O=C(COC(=O)CN1C(=O)Cc2ccccc2C1=O)N[C@@H]1CCCc2ccccc21. The molecule has 4 rings (SSSR count). The van der Waals surface area contributed by atoms with Crippen LogP contribution in [0.2, 0.25) is 0 Å². The van der Waals surface area contributed by atoms with Crippen LogP contribution in [0.5, 0.6) is 0 Å². The molecular formula is C23H22N2O5. The van der Waals surface area contributed by atoms with E-state index in [2.05, 4.69) is 11.4 Å². The summed E-state index contributed by atoms with van der Waals surface area (Å²) < 4.78 is 5.02. The van der Waals surface area contributed by atoms with E-state index in [1.54, 1.807) is 24.3 Å². The number of carbonyl (C=O) groups excluding carboxylic acids is 4. The van der Waals surface area contributed by atoms with Crippen molar-refractivity contribution in [3.05, 3.63) is 70.8 Å². The fourth-order valence-corrected chi connectivity index (χ4v) is 4.02. The lowest BCUT2D eigenvalue weighted by molar-refractivity contribution is -0.151. The van der Waals surface area contributed by atoms with Gasteiger partial charge in [0, 0.05) is 5.56 Å². The molecule has 1 heterocycles. The van der Waals surface area contributed by atoms with Crippen LogP contribution < -0.4 is 5.32 Å². The van der Waals surface area contributed by atoms with E-state index in [1.807, 2.05) is 18.2 Å². The zero-order valence-electron chi connectivity index (χ0n) is 16.4. The van der Waals surface area contributed by atoms with E-state index < -0.39 is 36.8 Å². The van der Waals surface area contributed by atoms with Crippen LogP contribution in [0.4, 0.5) is 0 Å². The zero-order valence-corrected chi connectivity index (χ0v) is 16.4. The van der Waals surface area contributed by atoms with Gasteiger partial charge in [0.1, 0.15) is 6.54 Å². The number of hydrogen-bond donors (Lipinski definition) is 1. The van der Waals surface area contributed by atoms with Crippen LogP contribution >= 0.6 is 0 Å². The molecule has 0 fully saturated rings. The molecule has 1 aliphatic heterocycles. The number of benzene rings is 2. The predicted molar refractivity (Wildman–Crippen MR) is 107 cm³/mol. The Kier molecular flexibility index (Phi) is 5.61. The third kappa shape index (κ3) is 4.10. The molecule has 0 saturated carbocycles. The van der Waals surface area contributed by atoms with E-state index in [4.69, 9.17) is 4.74 Å². The number of hydrogen-bond acceptors (Lipinski definition) is 5. The number of ether oxygens (including phenoxy) is 1. The molecule has 0 saturated heterocycles. The molecule has 1 aliphatic carbocycles. The van der Waals surface area contributed by atoms with Crippen molar-refractivity contribution >= 4 is 23.7 Å². The van der Waals surface area contributed by atoms with Gasteiger partial charge in [0.25, 0.3) is 11.8 Å². The van der Waals surface area contributed by atoms with Gasteiger partial charge in [-0.25, -0.2) is 0 Å². The Bertz CT molecular complexity index is 1020. The highest BCUT2D eigenvalue weighted by molar-refractivity contribution is 6.11. The maximum absolute atomic E-state index is 12.5. The lowest BCUT2D eigenvalue weighted by Crippen LogP contribution is -2.45. The van der Waals surface area contributed by atoms with E-state index in [9.17, 15) is 19.2 Å². The van der Waals surface area contributed by atoms with Crippen molar-refractivity contribution in [2.24, 2.45) is 0 Å². The molecule has 0 aromatic heterocycles. The quantitative estimate of drug-likeness (QED) is 0.605. The zero-order chi connectivity index (χ0) is 21.1. The van der Waals surface area contributed by atoms with E-state index in [0.29, 0.717) is 11.1 Å². The summed E-state index contributed by atoms with van der Waals surface area (Å²) in [6.07, 6.45) is 2.84. The van der Waals surface area contributed by atoms with Crippen LogP contribution in [-0.4, -0.2) is 41.7 Å². The maximum atomic E-state index is 12.5. The summed E-state index contributed by atoms with van der Waals surface area (Å²) in [6.45, 7) is -0.962. The number of fused-ring (bicyclic) bond motifs is 2. The number of nitrogens with one attached hydrogen (secondary N) is 1. The van der Waals surface area contributed by atoms with Gasteiger partial charge in [-0.3, -0.25) is 24.1 Å². The number of rotatable bonds is 5. The van der Waals surface area contributed by atoms with Crippen molar-refractivity contribution in [2.45, 2.75) is 31.7 Å². The average Bonchev–Trinajstić information content (AvgIpc) is 2.75. The first-order chi connectivity index (χ1) is 14.5. The van der Waals surface area contributed by atoms with Gasteiger partial charge in [0.15, 0.2) is 6.61 Å². The Morgan fingerprint density at radius 1 is 1.03 bits per heavy atom. The first kappa shape index (κ1) is 19.8. The topological polar surface area (TPSA) is 92.8 Å². The Balaban J connectivity index is 1.31. The second kappa shape index (κ2) is 8.49. The molecule has 30 heavy (non-hydrogen) atoms. The Hall–Kier alpha value is -3.48. The molecule has 0 bridgehead atoms. The van der Waals surface area contributed by atoms with Crippen LogP contribution in [0.1, 0.15) is 45.9 Å². The molecule has 0 radical (unpaired) electrons. The number of esters is 1. The average molecular weight is 406 g/mol. The molecule has 1 atom stereocenters. The highest BCUT2D eigenvalue weighted by Gasteiger charge is 2.32. The van der Waals surface area contributed by atoms with Crippen molar-refractivity contribution in [3.8, 4) is 0 Å². The lowest BCUT2D eigenvalue weighted by atomic mass is 9.88. The molecule has 7 heteroatoms. The minimum atomic E-state index is -0.796. The second-order valence-electron chi connectivity index (χ2n) is 7.49. The maximum Gasteiger partial charge on any atom is 0.326 e. The van der Waals surface area contributed by atoms with E-state index in [1.165, 1.54) is 5.56 Å². The summed E-state index contributed by atoms with van der Waals surface area (Å²) >= 11 is 0. The lowest BCUT2D eigenvalue weighted by Gasteiger charge is -2.27. The second-order valence-corrected chi connectivity index (χ2v) is 7.49. The van der Waals surface area contributed by atoms with Gasteiger partial charge in [-0.2, -0.15) is 0 Å². The van der Waals surface area contributed by atoms with Gasteiger partial charge >= 0.3 is 5.97 Å². The molecule has 2 aromatic carbocycles. The van der Waals surface area contributed by atoms with Crippen molar-refractivity contribution in [1.29, 1.82) is 0 Å². The summed E-state index contributed by atoms with van der Waals surface area (Å²) in [6, 6.07) is 14.7. The van der Waals surface area contributed by atoms with Gasteiger partial charge in [0.2, 0.25) is 5.91 Å². The Labute approximate surface area is 174 Å². The summed E-state index contributed by atoms with van der Waals surface area (Å²) in [4.78, 5) is 50.0. The normalized spacial score (nSPS) is 17.7. The van der Waals surface area contributed by atoms with Crippen molar-refractivity contribution in [2.75, 3.05) is 13.2 Å². The number of carbonyl (C=O) groups is 4. The molecule has 0 spiro atoms. The van der Waals surface area contributed by atoms with Crippen LogP contribution in [0.15, 0.2) is 48.5 Å². The molecule has 2 aliphatic rings. The largest absolute Gasteiger partial charge is 0.454 e. The van der Waals surface area contributed by atoms with E-state index in [-0.39, 0.29) is 12.5 Å². The summed E-state index contributed by atoms with van der Waals surface area (Å²) in [5.41, 5.74) is 3.35. The van der Waals surface area contributed by atoms with E-state index >= 15 is 0 Å². The van der Waals surface area contributed by atoms with Crippen LogP contribution in [0.3, 0.4) is 0 Å². The summed E-state index contributed by atoms with van der Waals surface area (Å²) in [7, 11) is 0. The third-order valence-corrected chi connectivity index (χ3v) is 5.49. The summed E-state index contributed by atoms with van der Waals surface area (Å²) in [5.74, 6) is -2.19. The molecular weight excluding hydrogens is 384 g/mol. The van der Waals surface area contributed by atoms with Gasteiger partial charge < -0.3 is 10.1 Å². The Morgan fingerprint density at radius 2 is 1.77 bits per heavy atom. The Morgan fingerprint density at radius 3 is 2.60 bits per heavy atom. The first-order valence-corrected chi connectivity index (χ1v) is 9.98. The van der Waals surface area contributed by atoms with Crippen molar-refractivity contribution in [1.82, 2.24) is 10.2 Å². The third-order valence-electron chi connectivity index (χ3n) is 5.49. The molecule has 0 unspecified atom stereocenters. The predicted octanol–water partition coefficient (Wildman–Crippen LogP) is 1.95. The van der Waals surface area contributed by atoms with Gasteiger partial charge in [0.05, 0.1) is 12.5 Å². The van der Waals surface area contributed by atoms with Crippen molar-refractivity contribution in [3.63, 3.8) is 0 Å². The number of imide groups is 1. The van der Waals surface area contributed by atoms with E-state index in [0.717, 1.165) is 29.7 Å². The molecule has 1 N–H and O–H groups in total. The molecule has 7 nitrogen and oxygen atoms in total. The minimum absolute atomic E-state index is 0.0523. The fourth-order valence-electron chi connectivity index (χ4n) is 4.02. The minimum Gasteiger partial charge on any atom is -0.454 e. The molecule has 2 aromatic rings. The first-order valence-electron chi connectivity index (χ1n) is 9.98. The monoisotopic (exact) mass is 406 g/mol. The van der Waals surface area contributed by atoms with Crippen LogP contribution in [-0.2, 0) is 32.0 Å². The standard InChI is InChI=1S/C23H22N2O5/c26-20(24-19-11-5-8-15-6-1-3-9-17(15)19)14-30-22(28)13-25-21(27)12-16-7-2-4-10-18(16)23(25)29/h1-4,6-7,9-10,19H,5,8,11-14H2,(H,24,26)/t19-/m1/s1. The van der Waals surface area contributed by atoms with Crippen LogP contribution in [0, 0.1) is 0 Å². The highest BCUT2D eigenvalue weighted by Crippen LogP contribution is 2.29. The highest BCUT2D eigenvalue weighted by atomic mass is 16.5. The van der Waals surface area contributed by atoms with Gasteiger partial charge in [-0.1, -0.05) is 42.5 Å².